The van der Waals surface area contributed by atoms with Crippen LogP contribution in [0.15, 0.2) is 36.5 Å². The van der Waals surface area contributed by atoms with Gasteiger partial charge in [-0.1, -0.05) is 18.2 Å². The van der Waals surface area contributed by atoms with Gasteiger partial charge in [-0.2, -0.15) is 5.10 Å². The summed E-state index contributed by atoms with van der Waals surface area (Å²) >= 11 is 0. The maximum absolute atomic E-state index is 13.1. The molecule has 1 N–H and O–H groups in total. The first-order chi connectivity index (χ1) is 12.6. The average molecular weight is 350 g/mol. The van der Waals surface area contributed by atoms with Crippen LogP contribution in [0, 0.1) is 0 Å². The summed E-state index contributed by atoms with van der Waals surface area (Å²) in [6, 6.07) is 9.52. The molecule has 4 rings (SSSR count). The van der Waals surface area contributed by atoms with Crippen LogP contribution >= 0.6 is 0 Å². The lowest BCUT2D eigenvalue weighted by molar-refractivity contribution is 0.0725. The molecule has 26 heavy (non-hydrogen) atoms. The molecule has 134 valence electrons. The summed E-state index contributed by atoms with van der Waals surface area (Å²) in [6.45, 7) is 1.45. The van der Waals surface area contributed by atoms with E-state index in [9.17, 15) is 4.79 Å². The molecule has 3 heterocycles. The van der Waals surface area contributed by atoms with Crippen molar-refractivity contribution in [3.05, 3.63) is 53.7 Å². The zero-order valence-electron chi connectivity index (χ0n) is 15.0. The van der Waals surface area contributed by atoms with Crippen molar-refractivity contribution in [3.8, 4) is 0 Å². The molecule has 1 atom stereocenters. The van der Waals surface area contributed by atoms with Crippen LogP contribution in [0.25, 0.3) is 10.9 Å². The maximum Gasteiger partial charge on any atom is 0.275 e. The summed E-state index contributed by atoms with van der Waals surface area (Å²) in [7, 11) is 4.02. The number of carbonyl (C=O) groups excluding carboxylic acids is 1. The molecular weight excluding hydrogens is 328 g/mol. The molecule has 7 nitrogen and oxygen atoms in total. The molecule has 0 radical (unpaired) electrons. The number of rotatable bonds is 4. The molecule has 1 aliphatic rings. The van der Waals surface area contributed by atoms with Crippen LogP contribution in [-0.2, 0) is 6.54 Å². The molecule has 0 saturated carbocycles. The number of amides is 1. The summed E-state index contributed by atoms with van der Waals surface area (Å²) in [6.07, 6.45) is 3.60. The Balaban J connectivity index is 1.63. The van der Waals surface area contributed by atoms with Gasteiger partial charge in [0.1, 0.15) is 0 Å². The van der Waals surface area contributed by atoms with E-state index < -0.39 is 0 Å². The van der Waals surface area contributed by atoms with Crippen molar-refractivity contribution < 1.29 is 4.79 Å². The standard InChI is InChI=1S/C19H22N6O/c1-24(2)12-13-9-10-20-18(21-13)16-8-5-11-25(16)19(26)17-14-6-3-4-7-15(14)22-23-17/h3-4,6-7,9-10,16H,5,8,11-12H2,1-2H3,(H,22,23)/t16-/m0/s1. The van der Waals surface area contributed by atoms with E-state index in [0.717, 1.165) is 41.8 Å². The fourth-order valence-corrected chi connectivity index (χ4v) is 3.53. The second kappa shape index (κ2) is 6.84. The summed E-state index contributed by atoms with van der Waals surface area (Å²) in [5.41, 5.74) is 2.30. The summed E-state index contributed by atoms with van der Waals surface area (Å²) < 4.78 is 0. The second-order valence-corrected chi connectivity index (χ2v) is 6.92. The van der Waals surface area contributed by atoms with E-state index in [-0.39, 0.29) is 11.9 Å². The van der Waals surface area contributed by atoms with Gasteiger partial charge >= 0.3 is 0 Å². The summed E-state index contributed by atoms with van der Waals surface area (Å²) in [4.78, 5) is 26.2. The largest absolute Gasteiger partial charge is 0.327 e. The molecule has 1 aliphatic heterocycles. The van der Waals surface area contributed by atoms with Gasteiger partial charge in [-0.05, 0) is 39.1 Å². The number of hydrogen-bond donors (Lipinski definition) is 1. The Morgan fingerprint density at radius 1 is 1.31 bits per heavy atom. The zero-order valence-corrected chi connectivity index (χ0v) is 15.0. The Morgan fingerprint density at radius 2 is 2.15 bits per heavy atom. The molecule has 0 spiro atoms. The molecule has 0 aliphatic carbocycles. The third kappa shape index (κ3) is 3.06. The highest BCUT2D eigenvalue weighted by molar-refractivity contribution is 6.04. The lowest BCUT2D eigenvalue weighted by Crippen LogP contribution is -2.32. The normalized spacial score (nSPS) is 17.3. The Bertz CT molecular complexity index is 934. The van der Waals surface area contributed by atoms with Crippen molar-refractivity contribution in [2.75, 3.05) is 20.6 Å². The molecule has 1 aromatic carbocycles. The van der Waals surface area contributed by atoms with E-state index in [4.69, 9.17) is 4.98 Å². The number of aromatic amines is 1. The summed E-state index contributed by atoms with van der Waals surface area (Å²) in [5.74, 6) is 0.654. The quantitative estimate of drug-likeness (QED) is 0.782. The molecule has 7 heteroatoms. The fourth-order valence-electron chi connectivity index (χ4n) is 3.53. The highest BCUT2D eigenvalue weighted by atomic mass is 16.2. The Morgan fingerprint density at radius 3 is 3.00 bits per heavy atom. The number of hydrogen-bond acceptors (Lipinski definition) is 5. The Labute approximate surface area is 152 Å². The Kier molecular flexibility index (Phi) is 4.38. The van der Waals surface area contributed by atoms with E-state index >= 15 is 0 Å². The molecule has 0 unspecified atom stereocenters. The van der Waals surface area contributed by atoms with Crippen LogP contribution in [0.5, 0.6) is 0 Å². The maximum atomic E-state index is 13.1. The monoisotopic (exact) mass is 350 g/mol. The van der Waals surface area contributed by atoms with Gasteiger partial charge in [-0.3, -0.25) is 9.89 Å². The minimum atomic E-state index is -0.0972. The van der Waals surface area contributed by atoms with Gasteiger partial charge in [0.05, 0.1) is 17.3 Å². The number of H-pyrrole nitrogens is 1. The van der Waals surface area contributed by atoms with Gasteiger partial charge in [0.2, 0.25) is 0 Å². The minimum Gasteiger partial charge on any atom is -0.327 e. The number of benzene rings is 1. The molecular formula is C19H22N6O. The van der Waals surface area contributed by atoms with Crippen LogP contribution in [0.1, 0.15) is 40.9 Å². The van der Waals surface area contributed by atoms with Crippen molar-refractivity contribution in [1.82, 2.24) is 30.0 Å². The number of aromatic nitrogens is 4. The number of nitrogens with zero attached hydrogens (tertiary/aromatic N) is 5. The molecule has 3 aromatic rings. The third-order valence-electron chi connectivity index (χ3n) is 4.69. The lowest BCUT2D eigenvalue weighted by atomic mass is 10.1. The molecule has 1 amide bonds. The van der Waals surface area contributed by atoms with Crippen LogP contribution in [0.3, 0.4) is 0 Å². The van der Waals surface area contributed by atoms with E-state index in [2.05, 4.69) is 20.1 Å². The lowest BCUT2D eigenvalue weighted by Gasteiger charge is -2.23. The van der Waals surface area contributed by atoms with Gasteiger partial charge in [0, 0.05) is 24.7 Å². The zero-order chi connectivity index (χ0) is 18.1. The molecule has 2 aromatic heterocycles. The van der Waals surface area contributed by atoms with E-state index in [0.29, 0.717) is 12.2 Å². The van der Waals surface area contributed by atoms with Gasteiger partial charge in [-0.15, -0.1) is 0 Å². The predicted molar refractivity (Wildman–Crippen MR) is 98.5 cm³/mol. The number of carbonyl (C=O) groups is 1. The molecule has 1 saturated heterocycles. The number of likely N-dealkylation sites (tertiary alicyclic amines) is 1. The number of para-hydroxylation sites is 1. The van der Waals surface area contributed by atoms with Gasteiger partial charge in [0.25, 0.3) is 5.91 Å². The SMILES string of the molecule is CN(C)Cc1ccnc([C@@H]2CCCN2C(=O)c2n[nH]c3ccccc23)n1. The fraction of sp³-hybridized carbons (Fsp3) is 0.368. The van der Waals surface area contributed by atoms with E-state index in [1.54, 1.807) is 6.20 Å². The smallest absolute Gasteiger partial charge is 0.275 e. The molecule has 1 fully saturated rings. The average Bonchev–Trinajstić information content (AvgIpc) is 3.28. The third-order valence-corrected chi connectivity index (χ3v) is 4.69. The highest BCUT2D eigenvalue weighted by Gasteiger charge is 2.34. The van der Waals surface area contributed by atoms with Crippen LogP contribution in [0.2, 0.25) is 0 Å². The van der Waals surface area contributed by atoms with Crippen molar-refractivity contribution in [3.63, 3.8) is 0 Å². The van der Waals surface area contributed by atoms with Crippen LogP contribution in [0.4, 0.5) is 0 Å². The molecule has 0 bridgehead atoms. The first-order valence-corrected chi connectivity index (χ1v) is 8.84. The first kappa shape index (κ1) is 16.7. The first-order valence-electron chi connectivity index (χ1n) is 8.84. The van der Waals surface area contributed by atoms with Crippen LogP contribution < -0.4 is 0 Å². The highest BCUT2D eigenvalue weighted by Crippen LogP contribution is 2.32. The topological polar surface area (TPSA) is 78.0 Å². The van der Waals surface area contributed by atoms with E-state index in [1.807, 2.05) is 49.3 Å². The minimum absolute atomic E-state index is 0.0634. The van der Waals surface area contributed by atoms with Gasteiger partial charge in [-0.25, -0.2) is 9.97 Å². The van der Waals surface area contributed by atoms with Gasteiger partial charge in [0.15, 0.2) is 11.5 Å². The number of nitrogens with one attached hydrogen (secondary N) is 1. The van der Waals surface area contributed by atoms with Crippen molar-refractivity contribution in [2.24, 2.45) is 0 Å². The number of fused-ring (bicyclic) bond motifs is 1. The summed E-state index contributed by atoms with van der Waals surface area (Å²) in [5, 5.41) is 8.06. The van der Waals surface area contributed by atoms with Gasteiger partial charge < -0.3 is 9.80 Å². The van der Waals surface area contributed by atoms with E-state index in [1.165, 1.54) is 0 Å². The predicted octanol–water partition coefficient (Wildman–Crippen LogP) is 2.39. The van der Waals surface area contributed by atoms with Crippen molar-refractivity contribution >= 4 is 16.8 Å². The van der Waals surface area contributed by atoms with Crippen molar-refractivity contribution in [1.29, 1.82) is 0 Å². The van der Waals surface area contributed by atoms with Crippen LogP contribution in [-0.4, -0.2) is 56.5 Å². The Hall–Kier alpha value is -2.80. The van der Waals surface area contributed by atoms with Crippen molar-refractivity contribution in [2.45, 2.75) is 25.4 Å². The second-order valence-electron chi connectivity index (χ2n) is 6.92.